The van der Waals surface area contributed by atoms with Gasteiger partial charge in [-0.1, -0.05) is 83.8 Å². The van der Waals surface area contributed by atoms with Crippen LogP contribution in [-0.2, 0) is 4.79 Å². The summed E-state index contributed by atoms with van der Waals surface area (Å²) in [7, 11) is 0. The molecule has 2 N–H and O–H groups in total. The van der Waals surface area contributed by atoms with Gasteiger partial charge in [0.1, 0.15) is 0 Å². The van der Waals surface area contributed by atoms with E-state index < -0.39 is 0 Å². The first-order valence-corrected chi connectivity index (χ1v) is 9.66. The van der Waals surface area contributed by atoms with Crippen molar-refractivity contribution in [1.29, 1.82) is 0 Å². The van der Waals surface area contributed by atoms with Crippen LogP contribution in [0, 0.1) is 5.92 Å². The zero-order chi connectivity index (χ0) is 16.5. The molecule has 0 aliphatic carbocycles. The van der Waals surface area contributed by atoms with E-state index in [9.17, 15) is 4.79 Å². The normalized spacial score (nSPS) is 12.8. The zero-order valence-corrected chi connectivity index (χ0v) is 15.1. The largest absolute Gasteiger partial charge is 0.369 e. The number of amides is 1. The summed E-state index contributed by atoms with van der Waals surface area (Å²) in [5, 5.41) is 0. The van der Waals surface area contributed by atoms with Gasteiger partial charge in [-0.05, 0) is 32.1 Å². The Balaban J connectivity index is 3.35. The Kier molecular flexibility index (Phi) is 16.0. The van der Waals surface area contributed by atoms with Crippen LogP contribution in [0.25, 0.3) is 0 Å². The summed E-state index contributed by atoms with van der Waals surface area (Å²) in [6.45, 7) is 4.38. The van der Waals surface area contributed by atoms with Crippen LogP contribution in [0.4, 0.5) is 0 Å². The molecule has 0 aromatic carbocycles. The number of primary amides is 1. The molecule has 1 atom stereocenters. The smallest absolute Gasteiger partial charge is 0.220 e. The molecule has 0 radical (unpaired) electrons. The van der Waals surface area contributed by atoms with Crippen LogP contribution in [0.15, 0.2) is 12.2 Å². The van der Waals surface area contributed by atoms with E-state index in [1.807, 2.05) is 0 Å². The van der Waals surface area contributed by atoms with Gasteiger partial charge in [0.05, 0.1) is 0 Å². The van der Waals surface area contributed by atoms with Gasteiger partial charge in [-0.3, -0.25) is 4.79 Å². The second-order valence-corrected chi connectivity index (χ2v) is 6.55. The minimum absolute atomic E-state index is 0.0716. The molecule has 0 fully saturated rings. The molecule has 0 heterocycles. The minimum atomic E-state index is -0.130. The van der Waals surface area contributed by atoms with E-state index in [2.05, 4.69) is 26.0 Å². The second-order valence-electron chi connectivity index (χ2n) is 6.55. The molecule has 1 unspecified atom stereocenters. The van der Waals surface area contributed by atoms with Crippen LogP contribution in [-0.4, -0.2) is 5.91 Å². The molecule has 0 aromatic rings. The van der Waals surface area contributed by atoms with Crippen molar-refractivity contribution >= 4 is 5.91 Å². The number of unbranched alkanes of at least 4 members (excludes halogenated alkanes) is 9. The van der Waals surface area contributed by atoms with Crippen molar-refractivity contribution in [1.82, 2.24) is 0 Å². The highest BCUT2D eigenvalue weighted by Gasteiger charge is 2.12. The van der Waals surface area contributed by atoms with Crippen LogP contribution < -0.4 is 5.73 Å². The Hall–Kier alpha value is -0.790. The molecule has 0 saturated carbocycles. The number of carbonyl (C=O) groups is 1. The van der Waals surface area contributed by atoms with E-state index in [4.69, 9.17) is 5.73 Å². The van der Waals surface area contributed by atoms with Gasteiger partial charge in [0.15, 0.2) is 0 Å². The highest BCUT2D eigenvalue weighted by atomic mass is 16.1. The predicted octanol–water partition coefficient (Wildman–Crippen LogP) is 6.15. The van der Waals surface area contributed by atoms with Crippen molar-refractivity contribution in [3.05, 3.63) is 12.2 Å². The molecule has 0 aromatic heterocycles. The Bertz CT molecular complexity index is 273. The van der Waals surface area contributed by atoms with Gasteiger partial charge in [-0.15, -0.1) is 0 Å². The van der Waals surface area contributed by atoms with Crippen LogP contribution in [0.5, 0.6) is 0 Å². The Morgan fingerprint density at radius 1 is 0.773 bits per heavy atom. The molecule has 2 heteroatoms. The monoisotopic (exact) mass is 309 g/mol. The highest BCUT2D eigenvalue weighted by molar-refractivity contribution is 5.76. The first-order chi connectivity index (χ1) is 10.7. The van der Waals surface area contributed by atoms with E-state index >= 15 is 0 Å². The van der Waals surface area contributed by atoms with Crippen molar-refractivity contribution in [3.8, 4) is 0 Å². The van der Waals surface area contributed by atoms with Gasteiger partial charge in [0, 0.05) is 5.92 Å². The first-order valence-electron chi connectivity index (χ1n) is 9.66. The van der Waals surface area contributed by atoms with Crippen molar-refractivity contribution < 1.29 is 4.79 Å². The highest BCUT2D eigenvalue weighted by Crippen LogP contribution is 2.14. The fourth-order valence-corrected chi connectivity index (χ4v) is 2.88. The quantitative estimate of drug-likeness (QED) is 0.270. The van der Waals surface area contributed by atoms with E-state index in [-0.39, 0.29) is 11.8 Å². The summed E-state index contributed by atoms with van der Waals surface area (Å²) in [6, 6.07) is 0. The third kappa shape index (κ3) is 14.2. The van der Waals surface area contributed by atoms with E-state index in [0.29, 0.717) is 0 Å². The van der Waals surface area contributed by atoms with Crippen molar-refractivity contribution in [2.24, 2.45) is 11.7 Å². The number of allylic oxidation sites excluding steroid dienone is 2. The summed E-state index contributed by atoms with van der Waals surface area (Å²) in [5.74, 6) is -0.0588. The predicted molar refractivity (Wildman–Crippen MR) is 97.8 cm³/mol. The molecule has 1 amide bonds. The molecule has 0 aliphatic heterocycles. The standard InChI is InChI=1S/C20H39NO/c1-3-5-6-7-8-9-10-11-12-13-14-15-16-18-19(17-4-2)20(21)22/h14-15,19H,3-13,16-18H2,1-2H3,(H2,21,22). The van der Waals surface area contributed by atoms with Crippen LogP contribution >= 0.6 is 0 Å². The molecule has 0 rings (SSSR count). The topological polar surface area (TPSA) is 43.1 Å². The van der Waals surface area contributed by atoms with Crippen molar-refractivity contribution in [3.63, 3.8) is 0 Å². The van der Waals surface area contributed by atoms with Crippen molar-refractivity contribution in [2.45, 2.75) is 104 Å². The molecule has 0 bridgehead atoms. The lowest BCUT2D eigenvalue weighted by molar-refractivity contribution is -0.122. The summed E-state index contributed by atoms with van der Waals surface area (Å²) in [6.07, 6.45) is 22.0. The lowest BCUT2D eigenvalue weighted by Crippen LogP contribution is -2.22. The first kappa shape index (κ1) is 21.2. The van der Waals surface area contributed by atoms with E-state index in [0.717, 1.165) is 25.7 Å². The Morgan fingerprint density at radius 3 is 1.86 bits per heavy atom. The number of hydrogen-bond acceptors (Lipinski definition) is 1. The maximum absolute atomic E-state index is 11.2. The van der Waals surface area contributed by atoms with Gasteiger partial charge in [0.25, 0.3) is 0 Å². The lowest BCUT2D eigenvalue weighted by Gasteiger charge is -2.09. The van der Waals surface area contributed by atoms with Crippen LogP contribution in [0.3, 0.4) is 0 Å². The van der Waals surface area contributed by atoms with E-state index in [1.54, 1.807) is 0 Å². The lowest BCUT2D eigenvalue weighted by atomic mass is 9.97. The third-order valence-electron chi connectivity index (χ3n) is 4.36. The fraction of sp³-hybridized carbons (Fsp3) is 0.850. The maximum Gasteiger partial charge on any atom is 0.220 e. The summed E-state index contributed by atoms with van der Waals surface area (Å²) in [5.41, 5.74) is 5.41. The van der Waals surface area contributed by atoms with Gasteiger partial charge in [-0.25, -0.2) is 0 Å². The van der Waals surface area contributed by atoms with Crippen molar-refractivity contribution in [2.75, 3.05) is 0 Å². The number of rotatable bonds is 16. The fourth-order valence-electron chi connectivity index (χ4n) is 2.88. The third-order valence-corrected chi connectivity index (χ3v) is 4.36. The van der Waals surface area contributed by atoms with Gasteiger partial charge in [-0.2, -0.15) is 0 Å². The summed E-state index contributed by atoms with van der Waals surface area (Å²) in [4.78, 5) is 11.2. The molecule has 130 valence electrons. The molecular formula is C20H39NO. The molecule has 0 saturated heterocycles. The molecule has 0 spiro atoms. The number of carbonyl (C=O) groups excluding carboxylic acids is 1. The maximum atomic E-state index is 11.2. The Labute approximate surface area is 138 Å². The second kappa shape index (κ2) is 16.6. The van der Waals surface area contributed by atoms with Gasteiger partial charge >= 0.3 is 0 Å². The summed E-state index contributed by atoms with van der Waals surface area (Å²) >= 11 is 0. The SMILES string of the molecule is CCCCCCCCCCCC=CCCC(CCC)C(N)=O. The van der Waals surface area contributed by atoms with Crippen LogP contribution in [0.2, 0.25) is 0 Å². The summed E-state index contributed by atoms with van der Waals surface area (Å²) < 4.78 is 0. The zero-order valence-electron chi connectivity index (χ0n) is 15.1. The van der Waals surface area contributed by atoms with E-state index in [1.165, 1.54) is 64.2 Å². The number of hydrogen-bond donors (Lipinski definition) is 1. The molecule has 2 nitrogen and oxygen atoms in total. The van der Waals surface area contributed by atoms with Gasteiger partial charge < -0.3 is 5.73 Å². The Morgan fingerprint density at radius 2 is 1.32 bits per heavy atom. The van der Waals surface area contributed by atoms with Crippen LogP contribution in [0.1, 0.15) is 104 Å². The van der Waals surface area contributed by atoms with Gasteiger partial charge in [0.2, 0.25) is 5.91 Å². The molecular weight excluding hydrogens is 270 g/mol. The molecule has 0 aliphatic rings. The number of nitrogens with two attached hydrogens (primary N) is 1. The average Bonchev–Trinajstić information content (AvgIpc) is 2.50. The average molecular weight is 310 g/mol. The molecule has 22 heavy (non-hydrogen) atoms. The minimum Gasteiger partial charge on any atom is -0.369 e.